The third-order valence-electron chi connectivity index (χ3n) is 4.04. The maximum absolute atomic E-state index is 12.7. The van der Waals surface area contributed by atoms with Crippen molar-refractivity contribution in [3.8, 4) is 0 Å². The van der Waals surface area contributed by atoms with Gasteiger partial charge in [0.05, 0.1) is 10.6 Å². The molecule has 6 heteroatoms. The number of nitrogens with one attached hydrogen (secondary N) is 1. The lowest BCUT2D eigenvalue weighted by atomic mass is 10.1. The second-order valence-electron chi connectivity index (χ2n) is 5.57. The van der Waals surface area contributed by atoms with E-state index < -0.39 is 9.84 Å². The minimum absolute atomic E-state index is 0.0176. The Kier molecular flexibility index (Phi) is 5.58. The molecule has 0 saturated carbocycles. The van der Waals surface area contributed by atoms with Gasteiger partial charge >= 0.3 is 0 Å². The maximum Gasteiger partial charge on any atom is 0.254 e. The zero-order chi connectivity index (χ0) is 16.2. The van der Waals surface area contributed by atoms with Crippen LogP contribution in [0.15, 0.2) is 29.2 Å². The Morgan fingerprint density at radius 3 is 2.45 bits per heavy atom. The van der Waals surface area contributed by atoms with Crippen molar-refractivity contribution >= 4 is 15.7 Å². The van der Waals surface area contributed by atoms with Crippen LogP contribution in [0.3, 0.4) is 0 Å². The monoisotopic (exact) mass is 324 g/mol. The number of rotatable bonds is 6. The number of benzene rings is 1. The summed E-state index contributed by atoms with van der Waals surface area (Å²) in [6.45, 7) is 6.16. The summed E-state index contributed by atoms with van der Waals surface area (Å²) >= 11 is 0. The number of sulfone groups is 1. The third kappa shape index (κ3) is 3.67. The molecule has 0 radical (unpaired) electrons. The summed E-state index contributed by atoms with van der Waals surface area (Å²) in [5.74, 6) is 0.0479. The van der Waals surface area contributed by atoms with Crippen LogP contribution in [0, 0.1) is 0 Å². The molecule has 1 N–H and O–H groups in total. The fraction of sp³-hybridized carbons (Fsp3) is 0.562. The van der Waals surface area contributed by atoms with Gasteiger partial charge in [-0.15, -0.1) is 0 Å². The highest BCUT2D eigenvalue weighted by Gasteiger charge is 2.26. The number of hydrogen-bond acceptors (Lipinski definition) is 4. The molecule has 1 unspecified atom stereocenters. The average molecular weight is 324 g/mol. The molecule has 1 heterocycles. The van der Waals surface area contributed by atoms with Gasteiger partial charge in [-0.05, 0) is 43.7 Å². The second-order valence-corrected chi connectivity index (χ2v) is 7.85. The minimum Gasteiger partial charge on any atom is -0.334 e. The predicted molar refractivity (Wildman–Crippen MR) is 86.8 cm³/mol. The maximum atomic E-state index is 12.7. The average Bonchev–Trinajstić information content (AvgIpc) is 3.06. The van der Waals surface area contributed by atoms with Crippen LogP contribution in [0.2, 0.25) is 0 Å². The Morgan fingerprint density at radius 1 is 1.27 bits per heavy atom. The summed E-state index contributed by atoms with van der Waals surface area (Å²) < 4.78 is 23.6. The first-order valence-electron chi connectivity index (χ1n) is 7.84. The highest BCUT2D eigenvalue weighted by molar-refractivity contribution is 7.91. The van der Waals surface area contributed by atoms with E-state index in [1.165, 1.54) is 12.1 Å². The summed E-state index contributed by atoms with van der Waals surface area (Å²) in [5.41, 5.74) is 0.551. The number of carbonyl (C=O) groups excluding carboxylic acids is 1. The van der Waals surface area contributed by atoms with E-state index in [1.807, 2.05) is 4.90 Å². The molecular weight excluding hydrogens is 300 g/mol. The van der Waals surface area contributed by atoms with Crippen LogP contribution in [-0.2, 0) is 9.84 Å². The van der Waals surface area contributed by atoms with Crippen molar-refractivity contribution in [2.24, 2.45) is 0 Å². The van der Waals surface area contributed by atoms with Crippen molar-refractivity contribution in [1.82, 2.24) is 10.2 Å². The molecule has 1 aromatic carbocycles. The molecule has 1 saturated heterocycles. The van der Waals surface area contributed by atoms with Gasteiger partial charge in [-0.3, -0.25) is 4.79 Å². The van der Waals surface area contributed by atoms with Gasteiger partial charge in [-0.2, -0.15) is 0 Å². The Balaban J connectivity index is 2.20. The van der Waals surface area contributed by atoms with Crippen LogP contribution in [0.5, 0.6) is 0 Å². The summed E-state index contributed by atoms with van der Waals surface area (Å²) in [5, 5.41) is 3.28. The quantitative estimate of drug-likeness (QED) is 0.865. The topological polar surface area (TPSA) is 66.5 Å². The van der Waals surface area contributed by atoms with E-state index in [4.69, 9.17) is 0 Å². The van der Waals surface area contributed by atoms with Crippen LogP contribution in [0.1, 0.15) is 37.0 Å². The van der Waals surface area contributed by atoms with Gasteiger partial charge in [0.1, 0.15) is 0 Å². The first-order chi connectivity index (χ1) is 10.5. The van der Waals surface area contributed by atoms with Crippen LogP contribution in [0.4, 0.5) is 0 Å². The predicted octanol–water partition coefficient (Wildman–Crippen LogP) is 1.69. The Bertz CT molecular complexity index is 605. The lowest BCUT2D eigenvalue weighted by Crippen LogP contribution is -2.42. The fourth-order valence-electron chi connectivity index (χ4n) is 2.73. The third-order valence-corrected chi connectivity index (χ3v) is 5.79. The number of carbonyl (C=O) groups is 1. The summed E-state index contributed by atoms with van der Waals surface area (Å²) in [6, 6.07) is 6.53. The molecule has 1 fully saturated rings. The molecule has 5 nitrogen and oxygen atoms in total. The number of hydrogen-bond donors (Lipinski definition) is 1. The minimum atomic E-state index is -3.22. The van der Waals surface area contributed by atoms with Crippen LogP contribution >= 0.6 is 0 Å². The van der Waals surface area contributed by atoms with Crippen molar-refractivity contribution < 1.29 is 13.2 Å². The zero-order valence-corrected chi connectivity index (χ0v) is 14.0. The van der Waals surface area contributed by atoms with Crippen molar-refractivity contribution in [2.45, 2.75) is 37.6 Å². The van der Waals surface area contributed by atoms with E-state index in [-0.39, 0.29) is 22.6 Å². The van der Waals surface area contributed by atoms with E-state index in [9.17, 15) is 13.2 Å². The molecule has 0 aromatic heterocycles. The molecule has 1 aliphatic rings. The second kappa shape index (κ2) is 7.24. The van der Waals surface area contributed by atoms with Gasteiger partial charge in [-0.25, -0.2) is 8.42 Å². The van der Waals surface area contributed by atoms with Gasteiger partial charge in [-0.1, -0.05) is 13.8 Å². The van der Waals surface area contributed by atoms with Crippen molar-refractivity contribution in [3.05, 3.63) is 29.8 Å². The number of amides is 1. The standard InChI is InChI=1S/C16H24N2O3S/c1-3-11-18(14-9-10-17-12-14)16(19)13-5-7-15(8-6-13)22(20,21)4-2/h5-8,14,17H,3-4,9-12H2,1-2H3. The van der Waals surface area contributed by atoms with Crippen molar-refractivity contribution in [3.63, 3.8) is 0 Å². The molecule has 1 aromatic rings. The molecule has 0 spiro atoms. The van der Waals surface area contributed by atoms with Gasteiger partial charge < -0.3 is 10.2 Å². The van der Waals surface area contributed by atoms with E-state index in [1.54, 1.807) is 19.1 Å². The molecule has 22 heavy (non-hydrogen) atoms. The normalized spacial score (nSPS) is 18.4. The zero-order valence-electron chi connectivity index (χ0n) is 13.2. The van der Waals surface area contributed by atoms with Crippen LogP contribution < -0.4 is 5.32 Å². The molecule has 122 valence electrons. The molecule has 2 rings (SSSR count). The summed E-state index contributed by atoms with van der Waals surface area (Å²) in [7, 11) is -3.22. The summed E-state index contributed by atoms with van der Waals surface area (Å²) in [4.78, 5) is 14.9. The first kappa shape index (κ1) is 17.0. The first-order valence-corrected chi connectivity index (χ1v) is 9.49. The van der Waals surface area contributed by atoms with Gasteiger partial charge in [0.15, 0.2) is 9.84 Å². The molecule has 1 aliphatic heterocycles. The molecular formula is C16H24N2O3S. The Hall–Kier alpha value is -1.40. The molecule has 0 aliphatic carbocycles. The van der Waals surface area contributed by atoms with Crippen molar-refractivity contribution in [2.75, 3.05) is 25.4 Å². The molecule has 1 amide bonds. The fourth-order valence-corrected chi connectivity index (χ4v) is 3.62. The highest BCUT2D eigenvalue weighted by Crippen LogP contribution is 2.17. The van der Waals surface area contributed by atoms with Crippen molar-refractivity contribution in [1.29, 1.82) is 0 Å². The highest BCUT2D eigenvalue weighted by atomic mass is 32.2. The van der Waals surface area contributed by atoms with E-state index in [0.717, 1.165) is 32.5 Å². The van der Waals surface area contributed by atoms with Gasteiger partial charge in [0.2, 0.25) is 0 Å². The van der Waals surface area contributed by atoms with Gasteiger partial charge in [0.25, 0.3) is 5.91 Å². The lowest BCUT2D eigenvalue weighted by molar-refractivity contribution is 0.0692. The molecule has 0 bridgehead atoms. The molecule has 1 atom stereocenters. The van der Waals surface area contributed by atoms with E-state index in [0.29, 0.717) is 5.56 Å². The summed E-state index contributed by atoms with van der Waals surface area (Å²) in [6.07, 6.45) is 1.87. The smallest absolute Gasteiger partial charge is 0.254 e. The Morgan fingerprint density at radius 2 is 1.95 bits per heavy atom. The lowest BCUT2D eigenvalue weighted by Gasteiger charge is -2.28. The van der Waals surface area contributed by atoms with Crippen LogP contribution in [-0.4, -0.2) is 50.7 Å². The van der Waals surface area contributed by atoms with Crippen LogP contribution in [0.25, 0.3) is 0 Å². The SMILES string of the molecule is CCCN(C(=O)c1ccc(S(=O)(=O)CC)cc1)C1CCNC1. The van der Waals surface area contributed by atoms with E-state index >= 15 is 0 Å². The largest absolute Gasteiger partial charge is 0.334 e. The van der Waals surface area contributed by atoms with Gasteiger partial charge in [0, 0.05) is 24.7 Å². The number of nitrogens with zero attached hydrogens (tertiary/aromatic N) is 1. The van der Waals surface area contributed by atoms with E-state index in [2.05, 4.69) is 12.2 Å². The Labute approximate surface area is 132 Å².